The molecule has 0 amide bonds. The summed E-state index contributed by atoms with van der Waals surface area (Å²) in [6, 6.07) is 0.587. The van der Waals surface area contributed by atoms with Crippen molar-refractivity contribution < 1.29 is 9.47 Å². The van der Waals surface area contributed by atoms with Crippen molar-refractivity contribution in [1.82, 2.24) is 10.2 Å². The zero-order chi connectivity index (χ0) is 10.5. The molecule has 88 valence electrons. The fourth-order valence-electron chi connectivity index (χ4n) is 2.28. The molecule has 2 fully saturated rings. The van der Waals surface area contributed by atoms with Gasteiger partial charge in [0.25, 0.3) is 0 Å². The summed E-state index contributed by atoms with van der Waals surface area (Å²) in [5, 5.41) is 3.36. The van der Waals surface area contributed by atoms with Gasteiger partial charge >= 0.3 is 0 Å². The van der Waals surface area contributed by atoms with Gasteiger partial charge in [-0.25, -0.2) is 0 Å². The fraction of sp³-hybridized carbons (Fsp3) is 1.00. The van der Waals surface area contributed by atoms with Crippen LogP contribution in [0.4, 0.5) is 0 Å². The van der Waals surface area contributed by atoms with Gasteiger partial charge in [-0.15, -0.1) is 0 Å². The van der Waals surface area contributed by atoms with Crippen molar-refractivity contribution in [3.8, 4) is 0 Å². The number of hydrogen-bond donors (Lipinski definition) is 1. The van der Waals surface area contributed by atoms with E-state index in [0.29, 0.717) is 12.1 Å². The van der Waals surface area contributed by atoms with Gasteiger partial charge in [0.1, 0.15) is 0 Å². The molecule has 0 radical (unpaired) electrons. The summed E-state index contributed by atoms with van der Waals surface area (Å²) < 4.78 is 11.2. The second-order valence-electron chi connectivity index (χ2n) is 4.51. The molecule has 0 aromatic carbocycles. The predicted octanol–water partition coefficient (Wildman–Crippen LogP) is 0.0856. The summed E-state index contributed by atoms with van der Waals surface area (Å²) in [4.78, 5) is 2.39. The molecular formula is C11H22N2O2. The number of rotatable bonds is 3. The van der Waals surface area contributed by atoms with Crippen molar-refractivity contribution in [2.75, 3.05) is 46.5 Å². The van der Waals surface area contributed by atoms with Gasteiger partial charge in [0.2, 0.25) is 0 Å². The molecule has 0 aromatic heterocycles. The summed E-state index contributed by atoms with van der Waals surface area (Å²) in [6.07, 6.45) is 2.81. The highest BCUT2D eigenvalue weighted by atomic mass is 16.5. The lowest BCUT2D eigenvalue weighted by Crippen LogP contribution is -2.48. The van der Waals surface area contributed by atoms with Crippen LogP contribution in [0.1, 0.15) is 12.8 Å². The Morgan fingerprint density at radius 2 is 2.33 bits per heavy atom. The molecule has 2 atom stereocenters. The minimum absolute atomic E-state index is 0.352. The first-order chi connectivity index (χ1) is 7.36. The van der Waals surface area contributed by atoms with Gasteiger partial charge in [0.15, 0.2) is 0 Å². The van der Waals surface area contributed by atoms with Crippen LogP contribution in [0.25, 0.3) is 0 Å². The number of hydrogen-bond acceptors (Lipinski definition) is 4. The van der Waals surface area contributed by atoms with Gasteiger partial charge in [0.05, 0.1) is 19.3 Å². The van der Waals surface area contributed by atoms with E-state index in [4.69, 9.17) is 9.47 Å². The highest BCUT2D eigenvalue weighted by Crippen LogP contribution is 2.12. The van der Waals surface area contributed by atoms with Crippen LogP contribution in [0.3, 0.4) is 0 Å². The van der Waals surface area contributed by atoms with E-state index in [2.05, 4.69) is 17.3 Å². The van der Waals surface area contributed by atoms with Gasteiger partial charge in [0, 0.05) is 32.3 Å². The first-order valence-electron chi connectivity index (χ1n) is 5.96. The second-order valence-corrected chi connectivity index (χ2v) is 4.51. The molecule has 15 heavy (non-hydrogen) atoms. The molecule has 2 saturated heterocycles. The molecule has 2 aliphatic rings. The Morgan fingerprint density at radius 1 is 1.40 bits per heavy atom. The molecule has 2 unspecified atom stereocenters. The molecule has 2 heterocycles. The first-order valence-corrected chi connectivity index (χ1v) is 5.96. The van der Waals surface area contributed by atoms with Gasteiger partial charge in [-0.3, -0.25) is 4.90 Å². The van der Waals surface area contributed by atoms with Crippen LogP contribution in [-0.2, 0) is 9.47 Å². The van der Waals surface area contributed by atoms with E-state index in [1.807, 2.05) is 0 Å². The van der Waals surface area contributed by atoms with Crippen molar-refractivity contribution in [2.45, 2.75) is 25.0 Å². The number of ether oxygens (including phenoxy) is 2. The highest BCUT2D eigenvalue weighted by Gasteiger charge is 2.22. The Morgan fingerprint density at radius 3 is 3.00 bits per heavy atom. The average Bonchev–Trinajstić information content (AvgIpc) is 2.31. The fourth-order valence-corrected chi connectivity index (χ4v) is 2.28. The lowest BCUT2D eigenvalue weighted by Gasteiger charge is -2.34. The van der Waals surface area contributed by atoms with Crippen LogP contribution < -0.4 is 5.32 Å². The van der Waals surface area contributed by atoms with E-state index in [-0.39, 0.29) is 0 Å². The predicted molar refractivity (Wildman–Crippen MR) is 59.1 cm³/mol. The van der Waals surface area contributed by atoms with Crippen LogP contribution in [0.5, 0.6) is 0 Å². The molecule has 0 aromatic rings. The zero-order valence-corrected chi connectivity index (χ0v) is 9.58. The monoisotopic (exact) mass is 214 g/mol. The lowest BCUT2D eigenvalue weighted by molar-refractivity contribution is -0.0218. The highest BCUT2D eigenvalue weighted by molar-refractivity contribution is 4.77. The van der Waals surface area contributed by atoms with Crippen LogP contribution in [0, 0.1) is 0 Å². The number of morpholine rings is 1. The Balaban J connectivity index is 1.72. The summed E-state index contributed by atoms with van der Waals surface area (Å²) in [5.41, 5.74) is 0. The summed E-state index contributed by atoms with van der Waals surface area (Å²) in [5.74, 6) is 0. The molecule has 0 bridgehead atoms. The standard InChI is InChI=1S/C11H22N2O2/c1-13(10-3-2-5-14-9-10)8-11-7-12-4-6-15-11/h10-12H,2-9H2,1H3. The third-order valence-corrected chi connectivity index (χ3v) is 3.26. The smallest absolute Gasteiger partial charge is 0.0826 e. The van der Waals surface area contributed by atoms with Crippen LogP contribution >= 0.6 is 0 Å². The van der Waals surface area contributed by atoms with E-state index in [0.717, 1.165) is 39.5 Å². The van der Waals surface area contributed by atoms with Gasteiger partial charge < -0.3 is 14.8 Å². The normalized spacial score (nSPS) is 33.2. The Hall–Kier alpha value is -0.160. The maximum Gasteiger partial charge on any atom is 0.0826 e. The van der Waals surface area contributed by atoms with Gasteiger partial charge in [-0.1, -0.05) is 0 Å². The Bertz CT molecular complexity index is 177. The number of nitrogens with one attached hydrogen (secondary N) is 1. The zero-order valence-electron chi connectivity index (χ0n) is 9.58. The first kappa shape index (κ1) is 11.3. The van der Waals surface area contributed by atoms with Gasteiger partial charge in [-0.2, -0.15) is 0 Å². The van der Waals surface area contributed by atoms with Gasteiger partial charge in [-0.05, 0) is 19.9 Å². The third-order valence-electron chi connectivity index (χ3n) is 3.26. The molecule has 0 spiro atoms. The quantitative estimate of drug-likeness (QED) is 0.722. The van der Waals surface area contributed by atoms with E-state index < -0.39 is 0 Å². The molecule has 0 aliphatic carbocycles. The SMILES string of the molecule is CN(CC1CNCCO1)C1CCCOC1. The minimum Gasteiger partial charge on any atom is -0.380 e. The van der Waals surface area contributed by atoms with Crippen molar-refractivity contribution in [3.05, 3.63) is 0 Å². The molecule has 1 N–H and O–H groups in total. The Labute approximate surface area is 91.9 Å². The molecular weight excluding hydrogens is 192 g/mol. The molecule has 2 aliphatic heterocycles. The Kier molecular flexibility index (Phi) is 4.38. The van der Waals surface area contributed by atoms with Crippen molar-refractivity contribution in [3.63, 3.8) is 0 Å². The van der Waals surface area contributed by atoms with E-state index >= 15 is 0 Å². The summed E-state index contributed by atoms with van der Waals surface area (Å²) in [6.45, 7) is 5.66. The molecule has 2 rings (SSSR count). The third kappa shape index (κ3) is 3.41. The summed E-state index contributed by atoms with van der Waals surface area (Å²) >= 11 is 0. The largest absolute Gasteiger partial charge is 0.380 e. The lowest BCUT2D eigenvalue weighted by atomic mass is 10.1. The van der Waals surface area contributed by atoms with E-state index in [1.54, 1.807) is 0 Å². The van der Waals surface area contributed by atoms with E-state index in [9.17, 15) is 0 Å². The van der Waals surface area contributed by atoms with Crippen molar-refractivity contribution in [2.24, 2.45) is 0 Å². The molecule has 4 heteroatoms. The molecule has 4 nitrogen and oxygen atoms in total. The van der Waals surface area contributed by atoms with Crippen molar-refractivity contribution >= 4 is 0 Å². The topological polar surface area (TPSA) is 33.7 Å². The maximum absolute atomic E-state index is 5.69. The second kappa shape index (κ2) is 5.80. The van der Waals surface area contributed by atoms with Crippen LogP contribution in [-0.4, -0.2) is 63.5 Å². The van der Waals surface area contributed by atoms with Crippen molar-refractivity contribution in [1.29, 1.82) is 0 Å². The number of likely N-dealkylation sites (N-methyl/N-ethyl adjacent to an activating group) is 1. The minimum atomic E-state index is 0.352. The van der Waals surface area contributed by atoms with Crippen LogP contribution in [0.2, 0.25) is 0 Å². The maximum atomic E-state index is 5.69. The van der Waals surface area contributed by atoms with E-state index in [1.165, 1.54) is 12.8 Å². The summed E-state index contributed by atoms with van der Waals surface area (Å²) in [7, 11) is 2.18. The van der Waals surface area contributed by atoms with Crippen LogP contribution in [0.15, 0.2) is 0 Å². The average molecular weight is 214 g/mol. The number of nitrogens with zero attached hydrogens (tertiary/aromatic N) is 1. The molecule has 0 saturated carbocycles.